The molecule has 2 heterocycles. The van der Waals surface area contributed by atoms with Crippen LogP contribution in [0.3, 0.4) is 0 Å². The van der Waals surface area contributed by atoms with E-state index in [0.717, 1.165) is 12.7 Å². The number of aromatic amines is 1. The Hall–Kier alpha value is -2.10. The van der Waals surface area contributed by atoms with Crippen LogP contribution in [0.4, 0.5) is 5.69 Å². The molecule has 1 aromatic carbocycles. The number of carbonyl (C=O) groups is 1. The standard InChI is InChI=1S/C19H24ClN3O5S/c1-4-12-11-22(8-9-28-12)17-15(29(3,26)27)7-6-13(16(17)20)18(24)14-10-21-23(5-2)19(14)25/h6-7,10,12,21H,4-5,8-9,11H2,1-3H3. The van der Waals surface area contributed by atoms with Gasteiger partial charge in [-0.15, -0.1) is 0 Å². The molecule has 3 rings (SSSR count). The number of halogens is 1. The highest BCUT2D eigenvalue weighted by atomic mass is 35.5. The topological polar surface area (TPSA) is 101 Å². The van der Waals surface area contributed by atoms with Gasteiger partial charge in [0, 0.05) is 37.7 Å². The van der Waals surface area contributed by atoms with Gasteiger partial charge in [0.2, 0.25) is 5.78 Å². The average molecular weight is 442 g/mol. The number of aryl methyl sites for hydroxylation is 1. The van der Waals surface area contributed by atoms with Crippen molar-refractivity contribution in [2.75, 3.05) is 30.9 Å². The van der Waals surface area contributed by atoms with Gasteiger partial charge in [-0.3, -0.25) is 14.3 Å². The van der Waals surface area contributed by atoms with Crippen LogP contribution in [-0.2, 0) is 21.1 Å². The van der Waals surface area contributed by atoms with Crippen molar-refractivity contribution >= 4 is 32.9 Å². The number of ether oxygens (including phenoxy) is 1. The molecule has 10 heteroatoms. The lowest BCUT2D eigenvalue weighted by Gasteiger charge is -2.35. The minimum Gasteiger partial charge on any atom is -0.375 e. The summed E-state index contributed by atoms with van der Waals surface area (Å²) in [6.45, 7) is 5.49. The zero-order valence-electron chi connectivity index (χ0n) is 16.6. The molecule has 1 aliphatic heterocycles. The van der Waals surface area contributed by atoms with Gasteiger partial charge in [0.25, 0.3) is 5.56 Å². The fourth-order valence-corrected chi connectivity index (χ4v) is 4.76. The third-order valence-electron chi connectivity index (χ3n) is 5.03. The second-order valence-corrected chi connectivity index (χ2v) is 9.32. The van der Waals surface area contributed by atoms with E-state index in [1.807, 2.05) is 11.8 Å². The SMILES string of the molecule is CCC1CN(c2c(S(C)(=O)=O)ccc(C(=O)c3c[nH]n(CC)c3=O)c2Cl)CCO1. The van der Waals surface area contributed by atoms with Crippen LogP contribution < -0.4 is 10.5 Å². The maximum atomic E-state index is 13.0. The van der Waals surface area contributed by atoms with E-state index in [-0.39, 0.29) is 32.8 Å². The third kappa shape index (κ3) is 4.12. The largest absolute Gasteiger partial charge is 0.375 e. The number of benzene rings is 1. The predicted molar refractivity (Wildman–Crippen MR) is 111 cm³/mol. The van der Waals surface area contributed by atoms with Crippen LogP contribution >= 0.6 is 11.6 Å². The van der Waals surface area contributed by atoms with E-state index in [1.54, 1.807) is 6.92 Å². The lowest BCUT2D eigenvalue weighted by molar-refractivity contribution is 0.0383. The zero-order valence-corrected chi connectivity index (χ0v) is 18.1. The van der Waals surface area contributed by atoms with Crippen LogP contribution in [-0.4, -0.2) is 56.0 Å². The Morgan fingerprint density at radius 3 is 2.62 bits per heavy atom. The van der Waals surface area contributed by atoms with Crippen molar-refractivity contribution < 1.29 is 17.9 Å². The minimum absolute atomic E-state index is 0.0262. The summed E-state index contributed by atoms with van der Waals surface area (Å²) in [4.78, 5) is 27.3. The van der Waals surface area contributed by atoms with Crippen LogP contribution in [0, 0.1) is 0 Å². The molecule has 0 saturated carbocycles. The van der Waals surface area contributed by atoms with E-state index in [0.29, 0.717) is 26.2 Å². The lowest BCUT2D eigenvalue weighted by atomic mass is 10.0. The maximum absolute atomic E-state index is 13.0. The molecule has 1 saturated heterocycles. The highest BCUT2D eigenvalue weighted by molar-refractivity contribution is 7.90. The van der Waals surface area contributed by atoms with Crippen molar-refractivity contribution in [2.24, 2.45) is 0 Å². The van der Waals surface area contributed by atoms with Crippen molar-refractivity contribution in [2.45, 2.75) is 37.8 Å². The summed E-state index contributed by atoms with van der Waals surface area (Å²) >= 11 is 6.60. The summed E-state index contributed by atoms with van der Waals surface area (Å²) in [6, 6.07) is 2.75. The predicted octanol–water partition coefficient (Wildman–Crippen LogP) is 2.10. The van der Waals surface area contributed by atoms with E-state index < -0.39 is 21.2 Å². The van der Waals surface area contributed by atoms with E-state index >= 15 is 0 Å². The molecule has 0 bridgehead atoms. The molecule has 1 N–H and O–H groups in total. The first kappa shape index (κ1) is 21.6. The molecule has 0 aliphatic carbocycles. The first-order chi connectivity index (χ1) is 13.7. The molecular weight excluding hydrogens is 418 g/mol. The average Bonchev–Trinajstić information content (AvgIpc) is 3.07. The van der Waals surface area contributed by atoms with Gasteiger partial charge in [0.05, 0.1) is 28.3 Å². The molecule has 8 nitrogen and oxygen atoms in total. The first-order valence-corrected chi connectivity index (χ1v) is 11.7. The minimum atomic E-state index is -3.59. The highest BCUT2D eigenvalue weighted by Crippen LogP contribution is 2.37. The number of aromatic nitrogens is 2. The summed E-state index contributed by atoms with van der Waals surface area (Å²) in [5.74, 6) is -0.551. The molecule has 0 radical (unpaired) electrons. The normalized spacial score (nSPS) is 17.5. The quantitative estimate of drug-likeness (QED) is 0.689. The zero-order chi connectivity index (χ0) is 21.3. The van der Waals surface area contributed by atoms with Gasteiger partial charge < -0.3 is 14.7 Å². The number of hydrogen-bond acceptors (Lipinski definition) is 6. The van der Waals surface area contributed by atoms with Crippen LogP contribution in [0.25, 0.3) is 0 Å². The van der Waals surface area contributed by atoms with Crippen molar-refractivity contribution in [1.29, 1.82) is 0 Å². The van der Waals surface area contributed by atoms with Crippen LogP contribution in [0.1, 0.15) is 36.2 Å². The van der Waals surface area contributed by atoms with E-state index in [2.05, 4.69) is 5.10 Å². The van der Waals surface area contributed by atoms with Gasteiger partial charge in [0.1, 0.15) is 5.56 Å². The van der Waals surface area contributed by atoms with Crippen LogP contribution in [0.5, 0.6) is 0 Å². The summed E-state index contributed by atoms with van der Waals surface area (Å²) in [5, 5.41) is 2.76. The molecule has 158 valence electrons. The van der Waals surface area contributed by atoms with Crippen molar-refractivity contribution in [3.8, 4) is 0 Å². The molecule has 1 fully saturated rings. The number of anilines is 1. The van der Waals surface area contributed by atoms with Crippen LogP contribution in [0.2, 0.25) is 5.02 Å². The first-order valence-electron chi connectivity index (χ1n) is 9.41. The van der Waals surface area contributed by atoms with Gasteiger partial charge >= 0.3 is 0 Å². The second-order valence-electron chi connectivity index (χ2n) is 6.96. The second kappa shape index (κ2) is 8.33. The van der Waals surface area contributed by atoms with Gasteiger partial charge in [-0.2, -0.15) is 0 Å². The van der Waals surface area contributed by atoms with Gasteiger partial charge in [-0.25, -0.2) is 8.42 Å². The number of morpholine rings is 1. The number of rotatable bonds is 6. The number of nitrogens with zero attached hydrogens (tertiary/aromatic N) is 2. The van der Waals surface area contributed by atoms with Gasteiger partial charge in [-0.05, 0) is 25.5 Å². The smallest absolute Gasteiger partial charge is 0.277 e. The number of H-pyrrole nitrogens is 1. The molecular formula is C19H24ClN3O5S. The number of nitrogens with one attached hydrogen (secondary N) is 1. The Kier molecular flexibility index (Phi) is 6.21. The summed E-state index contributed by atoms with van der Waals surface area (Å²) in [5.41, 5.74) is -0.110. The molecule has 1 unspecified atom stereocenters. The number of carbonyl (C=O) groups excluding carboxylic acids is 1. The maximum Gasteiger partial charge on any atom is 0.277 e. The Morgan fingerprint density at radius 2 is 2.03 bits per heavy atom. The van der Waals surface area contributed by atoms with E-state index in [4.69, 9.17) is 16.3 Å². The highest BCUT2D eigenvalue weighted by Gasteiger charge is 2.30. The summed E-state index contributed by atoms with van der Waals surface area (Å²) < 4.78 is 31.8. The van der Waals surface area contributed by atoms with Crippen LogP contribution in [0.15, 0.2) is 28.0 Å². The molecule has 1 atom stereocenters. The molecule has 1 aromatic heterocycles. The fourth-order valence-electron chi connectivity index (χ4n) is 3.44. The summed E-state index contributed by atoms with van der Waals surface area (Å²) in [7, 11) is -3.59. The van der Waals surface area contributed by atoms with Gasteiger partial charge in [0.15, 0.2) is 9.84 Å². The number of sulfone groups is 1. The van der Waals surface area contributed by atoms with Crippen molar-refractivity contribution in [3.63, 3.8) is 0 Å². The Bertz CT molecular complexity index is 1090. The fraction of sp³-hybridized carbons (Fsp3) is 0.474. The molecule has 0 spiro atoms. The Morgan fingerprint density at radius 1 is 1.31 bits per heavy atom. The Balaban J connectivity index is 2.14. The van der Waals surface area contributed by atoms with Crippen molar-refractivity contribution in [1.82, 2.24) is 9.78 Å². The van der Waals surface area contributed by atoms with Crippen molar-refractivity contribution in [3.05, 3.63) is 44.8 Å². The Labute approximate surface area is 174 Å². The number of ketones is 1. The molecule has 29 heavy (non-hydrogen) atoms. The lowest BCUT2D eigenvalue weighted by Crippen LogP contribution is -2.43. The molecule has 0 amide bonds. The monoisotopic (exact) mass is 441 g/mol. The van der Waals surface area contributed by atoms with E-state index in [1.165, 1.54) is 23.0 Å². The third-order valence-corrected chi connectivity index (χ3v) is 6.55. The van der Waals surface area contributed by atoms with Gasteiger partial charge in [-0.1, -0.05) is 18.5 Å². The molecule has 1 aliphatic rings. The van der Waals surface area contributed by atoms with E-state index in [9.17, 15) is 18.0 Å². The summed E-state index contributed by atoms with van der Waals surface area (Å²) in [6.07, 6.45) is 3.15. The number of hydrogen-bond donors (Lipinski definition) is 1. The molecule has 2 aromatic rings.